The summed E-state index contributed by atoms with van der Waals surface area (Å²) >= 11 is 3.38. The van der Waals surface area contributed by atoms with Crippen LogP contribution in [0.1, 0.15) is 51.0 Å². The van der Waals surface area contributed by atoms with Crippen molar-refractivity contribution in [2.45, 2.75) is 71.3 Å². The minimum absolute atomic E-state index is 0.0715. The van der Waals surface area contributed by atoms with Crippen LogP contribution in [-0.4, -0.2) is 96.2 Å². The number of aromatic nitrogens is 5. The van der Waals surface area contributed by atoms with Crippen LogP contribution in [0.2, 0.25) is 0 Å². The molecule has 2 fully saturated rings. The van der Waals surface area contributed by atoms with Gasteiger partial charge in [0.05, 0.1) is 17.3 Å². The summed E-state index contributed by atoms with van der Waals surface area (Å²) < 4.78 is 7.42. The lowest BCUT2D eigenvalue weighted by Gasteiger charge is -2.27. The number of halogens is 1. The molecule has 3 aromatic heterocycles. The average Bonchev–Trinajstić information content (AvgIpc) is 3.46. The Hall–Kier alpha value is -4.31. The van der Waals surface area contributed by atoms with Crippen molar-refractivity contribution in [1.82, 2.24) is 34.5 Å². The quantitative estimate of drug-likeness (QED) is 0.151. The molecule has 14 nitrogen and oxygen atoms in total. The van der Waals surface area contributed by atoms with Crippen molar-refractivity contribution in [2.24, 2.45) is 17.1 Å². The minimum Gasteiger partial charge on any atom is -0.390 e. The standard InChI is InChI=1S/C35H42BrN9O5/c1-18(2)29(37)33(49)50-34-38-14-22(15-39-34)21-8-9-24-23(11-21)30(20(4)46)42-44(24)16-28(47)45-25(12-35(13-26(35)45)17-43(5)6)32(48)41-31-19(3)7-10-27(36)40-31/h7-11,14-15,18,20,25-26,29,46H,12-13,16-17,37H2,1-6H3,(H,40,41,48)/t20?,25-,26?,29-,35-/m0/s1. The average molecular weight is 749 g/mol. The van der Waals surface area contributed by atoms with Gasteiger partial charge in [0, 0.05) is 41.3 Å². The molecule has 1 saturated carbocycles. The van der Waals surface area contributed by atoms with E-state index in [4.69, 9.17) is 10.5 Å². The first kappa shape index (κ1) is 35.5. The van der Waals surface area contributed by atoms with E-state index in [0.29, 0.717) is 39.0 Å². The van der Waals surface area contributed by atoms with Crippen molar-refractivity contribution in [2.75, 3.05) is 26.0 Å². The molecule has 1 aromatic carbocycles. The van der Waals surface area contributed by atoms with Crippen molar-refractivity contribution in [1.29, 1.82) is 0 Å². The van der Waals surface area contributed by atoms with Gasteiger partial charge in [0.15, 0.2) is 0 Å². The highest BCUT2D eigenvalue weighted by Gasteiger charge is 2.67. The van der Waals surface area contributed by atoms with E-state index < -0.39 is 24.2 Å². The molecule has 0 radical (unpaired) electrons. The van der Waals surface area contributed by atoms with Gasteiger partial charge in [-0.1, -0.05) is 26.0 Å². The van der Waals surface area contributed by atoms with Gasteiger partial charge < -0.3 is 30.7 Å². The molecular formula is C35H42BrN9O5. The van der Waals surface area contributed by atoms with Crippen LogP contribution in [0.5, 0.6) is 6.01 Å². The fourth-order valence-electron chi connectivity index (χ4n) is 6.87. The number of carbonyl (C=O) groups is 3. The number of hydrogen-bond acceptors (Lipinski definition) is 11. The van der Waals surface area contributed by atoms with Gasteiger partial charge in [0.2, 0.25) is 11.8 Å². The number of pyridine rings is 1. The van der Waals surface area contributed by atoms with Crippen LogP contribution in [-0.2, 0) is 20.9 Å². The Bertz CT molecular complexity index is 1950. The van der Waals surface area contributed by atoms with Crippen molar-refractivity contribution in [3.63, 3.8) is 0 Å². The number of carbonyl (C=O) groups excluding carboxylic acids is 3. The lowest BCUT2D eigenvalue weighted by atomic mass is 9.98. The number of nitrogens with one attached hydrogen (secondary N) is 1. The predicted molar refractivity (Wildman–Crippen MR) is 190 cm³/mol. The number of esters is 1. The lowest BCUT2D eigenvalue weighted by Crippen LogP contribution is -2.47. The topological polar surface area (TPSA) is 182 Å². The summed E-state index contributed by atoms with van der Waals surface area (Å²) in [5.41, 5.74) is 8.96. The Kier molecular flexibility index (Phi) is 9.79. The van der Waals surface area contributed by atoms with Crippen LogP contribution in [0.3, 0.4) is 0 Å². The third-order valence-electron chi connectivity index (χ3n) is 9.55. The fourth-order valence-corrected chi connectivity index (χ4v) is 7.18. The van der Waals surface area contributed by atoms with E-state index in [9.17, 15) is 19.5 Å². The number of likely N-dealkylation sites (tertiary alicyclic amines) is 1. The van der Waals surface area contributed by atoms with E-state index in [2.05, 4.69) is 46.2 Å². The molecule has 1 saturated heterocycles. The van der Waals surface area contributed by atoms with Gasteiger partial charge in [-0.3, -0.25) is 14.3 Å². The zero-order valence-corrected chi connectivity index (χ0v) is 30.5. The fraction of sp³-hybridized carbons (Fsp3) is 0.457. The zero-order chi connectivity index (χ0) is 36.1. The molecule has 5 atom stereocenters. The maximum atomic E-state index is 14.2. The molecule has 50 heavy (non-hydrogen) atoms. The molecule has 2 amide bonds. The van der Waals surface area contributed by atoms with Gasteiger partial charge in [-0.15, -0.1) is 0 Å². The van der Waals surface area contributed by atoms with Crippen LogP contribution in [0, 0.1) is 18.3 Å². The van der Waals surface area contributed by atoms with Crippen LogP contribution in [0.15, 0.2) is 47.3 Å². The normalized spacial score (nSPS) is 21.0. The number of aliphatic hydroxyl groups is 1. The van der Waals surface area contributed by atoms with Crippen molar-refractivity contribution in [3.8, 4) is 17.1 Å². The maximum absolute atomic E-state index is 14.2. The number of rotatable bonds is 11. The van der Waals surface area contributed by atoms with Gasteiger partial charge in [-0.05, 0) is 92.0 Å². The molecule has 2 aliphatic rings. The van der Waals surface area contributed by atoms with Gasteiger partial charge in [0.25, 0.3) is 0 Å². The second-order valence-electron chi connectivity index (χ2n) is 14.0. The van der Waals surface area contributed by atoms with Crippen molar-refractivity contribution in [3.05, 3.63) is 58.6 Å². The smallest absolute Gasteiger partial charge is 0.330 e. The first-order chi connectivity index (χ1) is 23.7. The van der Waals surface area contributed by atoms with Gasteiger partial charge in [0.1, 0.15) is 29.0 Å². The number of fused-ring (bicyclic) bond motifs is 2. The van der Waals surface area contributed by atoms with Crippen LogP contribution < -0.4 is 15.8 Å². The van der Waals surface area contributed by atoms with E-state index >= 15 is 0 Å². The van der Waals surface area contributed by atoms with E-state index in [1.807, 2.05) is 65.2 Å². The highest BCUT2D eigenvalue weighted by Crippen LogP contribution is 2.60. The van der Waals surface area contributed by atoms with E-state index in [1.54, 1.807) is 16.5 Å². The molecule has 4 heterocycles. The van der Waals surface area contributed by atoms with Crippen LogP contribution in [0.4, 0.5) is 5.82 Å². The number of benzene rings is 1. The first-order valence-corrected chi connectivity index (χ1v) is 17.3. The lowest BCUT2D eigenvalue weighted by molar-refractivity contribution is -0.138. The Morgan fingerprint density at radius 3 is 2.50 bits per heavy atom. The molecule has 15 heteroatoms. The number of anilines is 1. The molecule has 264 valence electrons. The number of nitrogens with zero attached hydrogens (tertiary/aromatic N) is 7. The minimum atomic E-state index is -0.922. The second-order valence-corrected chi connectivity index (χ2v) is 14.8. The van der Waals surface area contributed by atoms with Gasteiger partial charge >= 0.3 is 12.0 Å². The van der Waals surface area contributed by atoms with E-state index in [-0.39, 0.29) is 41.7 Å². The van der Waals surface area contributed by atoms with E-state index in [0.717, 1.165) is 24.1 Å². The SMILES string of the molecule is Cc1ccc(Br)nc1NC(=O)[C@@H]1C[C@@]2(CN(C)C)CC2N1C(=O)Cn1nc(C(C)O)c2cc(-c3cnc(OC(=O)[C@@H](N)C(C)C)nc3)ccc21. The number of hydrogen-bond donors (Lipinski definition) is 3. The zero-order valence-electron chi connectivity index (χ0n) is 28.9. The summed E-state index contributed by atoms with van der Waals surface area (Å²) in [6, 6.07) is 7.57. The van der Waals surface area contributed by atoms with E-state index in [1.165, 1.54) is 12.4 Å². The molecule has 0 bridgehead atoms. The van der Waals surface area contributed by atoms with Gasteiger partial charge in [-0.2, -0.15) is 5.10 Å². The number of aliphatic hydroxyl groups excluding tert-OH is 1. The maximum Gasteiger partial charge on any atom is 0.330 e. The molecule has 2 unspecified atom stereocenters. The van der Waals surface area contributed by atoms with Crippen LogP contribution >= 0.6 is 15.9 Å². The first-order valence-electron chi connectivity index (χ1n) is 16.6. The summed E-state index contributed by atoms with van der Waals surface area (Å²) in [6.07, 6.45) is 3.52. The Labute approximate surface area is 298 Å². The highest BCUT2D eigenvalue weighted by atomic mass is 79.9. The number of aryl methyl sites for hydroxylation is 1. The molecule has 4 aromatic rings. The van der Waals surface area contributed by atoms with Gasteiger partial charge in [-0.25, -0.2) is 19.7 Å². The van der Waals surface area contributed by atoms with Crippen molar-refractivity contribution < 1.29 is 24.2 Å². The molecular weight excluding hydrogens is 706 g/mol. The second kappa shape index (κ2) is 13.8. The summed E-state index contributed by atoms with van der Waals surface area (Å²) in [5, 5.41) is 19.0. The Morgan fingerprint density at radius 1 is 1.12 bits per heavy atom. The Balaban J connectivity index is 1.25. The third kappa shape index (κ3) is 6.99. The molecule has 0 spiro atoms. The number of ether oxygens (including phenoxy) is 1. The molecule has 4 N–H and O–H groups in total. The molecule has 1 aliphatic carbocycles. The number of piperidine rings is 1. The number of amides is 2. The summed E-state index contributed by atoms with van der Waals surface area (Å²) in [5.74, 6) is -0.763. The summed E-state index contributed by atoms with van der Waals surface area (Å²) in [4.78, 5) is 56.8. The number of nitrogens with two attached hydrogens (primary N) is 1. The predicted octanol–water partition coefficient (Wildman–Crippen LogP) is 3.46. The largest absolute Gasteiger partial charge is 0.390 e. The van der Waals surface area contributed by atoms with Crippen LogP contribution in [0.25, 0.3) is 22.0 Å². The highest BCUT2D eigenvalue weighted by molar-refractivity contribution is 9.10. The monoisotopic (exact) mass is 747 g/mol. The summed E-state index contributed by atoms with van der Waals surface area (Å²) in [6.45, 7) is 7.78. The summed E-state index contributed by atoms with van der Waals surface area (Å²) in [7, 11) is 4.00. The third-order valence-corrected chi connectivity index (χ3v) is 9.99. The molecule has 1 aliphatic heterocycles. The Morgan fingerprint density at radius 2 is 1.84 bits per heavy atom. The molecule has 6 rings (SSSR count). The van der Waals surface area contributed by atoms with Crippen molar-refractivity contribution >= 4 is 50.4 Å².